The second-order valence-electron chi connectivity index (χ2n) is 8.96. The number of hydrogen-bond donors (Lipinski definition) is 4. The average molecular weight is 467 g/mol. The van der Waals surface area contributed by atoms with Gasteiger partial charge in [-0.05, 0) is 41.0 Å². The fourth-order valence-corrected chi connectivity index (χ4v) is 5.04. The largest absolute Gasteiger partial charge is 0.479 e. The predicted octanol–water partition coefficient (Wildman–Crippen LogP) is 3.04. The maximum absolute atomic E-state index is 12.6. The van der Waals surface area contributed by atoms with E-state index in [0.29, 0.717) is 0 Å². The first kappa shape index (κ1) is 23.8. The molecule has 2 amide bonds. The Labute approximate surface area is 198 Å². The highest BCUT2D eigenvalue weighted by atomic mass is 16.5. The van der Waals surface area contributed by atoms with Crippen molar-refractivity contribution in [2.24, 2.45) is 5.92 Å². The van der Waals surface area contributed by atoms with E-state index in [-0.39, 0.29) is 49.8 Å². The lowest BCUT2D eigenvalue weighted by Gasteiger charge is -2.21. The molecule has 0 saturated heterocycles. The number of ether oxygens (including phenoxy) is 1. The molecular weight excluding hydrogens is 436 g/mol. The summed E-state index contributed by atoms with van der Waals surface area (Å²) in [5, 5.41) is 23.6. The number of amides is 2. The fraction of sp³-hybridized carbons (Fsp3) is 0.423. The zero-order valence-corrected chi connectivity index (χ0v) is 18.9. The normalized spacial score (nSPS) is 19.7. The molecule has 2 aromatic carbocycles. The van der Waals surface area contributed by atoms with Crippen molar-refractivity contribution in [1.29, 1.82) is 0 Å². The molecule has 0 aromatic heterocycles. The van der Waals surface area contributed by atoms with E-state index < -0.39 is 18.2 Å². The zero-order chi connectivity index (χ0) is 24.1. The molecule has 0 spiro atoms. The highest BCUT2D eigenvalue weighted by Crippen LogP contribution is 2.44. The summed E-state index contributed by atoms with van der Waals surface area (Å²) >= 11 is 0. The van der Waals surface area contributed by atoms with E-state index in [4.69, 9.17) is 9.84 Å². The van der Waals surface area contributed by atoms with Crippen LogP contribution in [0.3, 0.4) is 0 Å². The second-order valence-corrected chi connectivity index (χ2v) is 8.96. The first-order valence-corrected chi connectivity index (χ1v) is 11.7. The van der Waals surface area contributed by atoms with Crippen molar-refractivity contribution < 1.29 is 29.3 Å². The number of carboxylic acid groups (broad SMARTS) is 1. The Morgan fingerprint density at radius 2 is 1.65 bits per heavy atom. The van der Waals surface area contributed by atoms with E-state index in [0.717, 1.165) is 30.4 Å². The van der Waals surface area contributed by atoms with Gasteiger partial charge in [-0.25, -0.2) is 9.59 Å². The third-order valence-corrected chi connectivity index (χ3v) is 6.78. The number of rotatable bonds is 9. The molecule has 2 aromatic rings. The van der Waals surface area contributed by atoms with Gasteiger partial charge in [0.05, 0.1) is 0 Å². The average Bonchev–Trinajstić information content (AvgIpc) is 3.39. The molecule has 0 heterocycles. The van der Waals surface area contributed by atoms with Crippen molar-refractivity contribution in [3.8, 4) is 11.1 Å². The van der Waals surface area contributed by atoms with Gasteiger partial charge in [-0.1, -0.05) is 55.0 Å². The number of hydrogen-bond acceptors (Lipinski definition) is 5. The summed E-state index contributed by atoms with van der Waals surface area (Å²) in [6, 6.07) is 16.2. The summed E-state index contributed by atoms with van der Waals surface area (Å²) in [6.07, 6.45) is 0.715. The Balaban J connectivity index is 1.27. The zero-order valence-electron chi connectivity index (χ0n) is 18.9. The van der Waals surface area contributed by atoms with Crippen molar-refractivity contribution >= 4 is 18.0 Å². The number of aliphatic hydroxyl groups excluding tert-OH is 1. The van der Waals surface area contributed by atoms with Crippen LogP contribution in [0.4, 0.5) is 4.79 Å². The molecule has 1 fully saturated rings. The van der Waals surface area contributed by atoms with Gasteiger partial charge < -0.3 is 25.6 Å². The molecule has 3 atom stereocenters. The molecule has 34 heavy (non-hydrogen) atoms. The van der Waals surface area contributed by atoms with E-state index in [9.17, 15) is 19.5 Å². The Morgan fingerprint density at radius 3 is 2.29 bits per heavy atom. The standard InChI is InChI=1S/C26H30N2O6/c29-23(25(31)32)12-13-27-24(30)14-16-6-5-11-22(16)28-26(33)34-15-21-19-9-3-1-7-17(19)18-8-2-4-10-20(18)21/h1-4,7-10,16,21-23,29H,5-6,11-15H2,(H,27,30)(H,28,33)(H,31,32)/t16-,22+,23-/m0/s1. The van der Waals surface area contributed by atoms with Crippen LogP contribution in [0.2, 0.25) is 0 Å². The Kier molecular flexibility index (Phi) is 7.47. The molecule has 4 rings (SSSR count). The highest BCUT2D eigenvalue weighted by molar-refractivity contribution is 5.79. The summed E-state index contributed by atoms with van der Waals surface area (Å²) in [5.41, 5.74) is 4.65. The third kappa shape index (κ3) is 5.39. The number of benzene rings is 2. The summed E-state index contributed by atoms with van der Waals surface area (Å²) in [7, 11) is 0. The molecule has 2 aliphatic carbocycles. The Hall–Kier alpha value is -3.39. The van der Waals surface area contributed by atoms with Gasteiger partial charge in [-0.3, -0.25) is 4.79 Å². The lowest BCUT2D eigenvalue weighted by molar-refractivity contribution is -0.147. The van der Waals surface area contributed by atoms with Crippen LogP contribution in [0, 0.1) is 5.92 Å². The van der Waals surface area contributed by atoms with Crippen LogP contribution in [0.1, 0.15) is 49.1 Å². The van der Waals surface area contributed by atoms with E-state index in [2.05, 4.69) is 34.9 Å². The van der Waals surface area contributed by atoms with Crippen LogP contribution in [0.5, 0.6) is 0 Å². The van der Waals surface area contributed by atoms with Gasteiger partial charge in [-0.2, -0.15) is 0 Å². The van der Waals surface area contributed by atoms with Crippen molar-refractivity contribution in [2.75, 3.05) is 13.2 Å². The molecule has 4 N–H and O–H groups in total. The molecule has 8 nitrogen and oxygen atoms in total. The van der Waals surface area contributed by atoms with Gasteiger partial charge in [-0.15, -0.1) is 0 Å². The maximum atomic E-state index is 12.6. The van der Waals surface area contributed by atoms with E-state index in [1.165, 1.54) is 11.1 Å². The molecule has 1 saturated carbocycles. The first-order valence-electron chi connectivity index (χ1n) is 11.7. The van der Waals surface area contributed by atoms with Crippen LogP contribution in [0.15, 0.2) is 48.5 Å². The maximum Gasteiger partial charge on any atom is 0.407 e. The topological polar surface area (TPSA) is 125 Å². The number of carboxylic acids is 1. The minimum atomic E-state index is -1.49. The minimum absolute atomic E-state index is 0.00937. The number of aliphatic hydroxyl groups is 1. The summed E-state index contributed by atoms with van der Waals surface area (Å²) in [6.45, 7) is 0.327. The highest BCUT2D eigenvalue weighted by Gasteiger charge is 2.32. The SMILES string of the molecule is O=C(C[C@@H]1CCC[C@H]1NC(=O)OCC1c2ccccc2-c2ccccc21)NCC[C@H](O)C(=O)O. The van der Waals surface area contributed by atoms with Crippen LogP contribution in [-0.4, -0.2) is 53.5 Å². The van der Waals surface area contributed by atoms with E-state index >= 15 is 0 Å². The smallest absolute Gasteiger partial charge is 0.407 e. The summed E-state index contributed by atoms with van der Waals surface area (Å²) in [4.78, 5) is 35.5. The van der Waals surface area contributed by atoms with Gasteiger partial charge >= 0.3 is 12.1 Å². The van der Waals surface area contributed by atoms with Crippen molar-refractivity contribution in [3.05, 3.63) is 59.7 Å². The lowest BCUT2D eigenvalue weighted by Crippen LogP contribution is -2.40. The van der Waals surface area contributed by atoms with Crippen LogP contribution in [-0.2, 0) is 14.3 Å². The third-order valence-electron chi connectivity index (χ3n) is 6.78. The quantitative estimate of drug-likeness (QED) is 0.450. The number of fused-ring (bicyclic) bond motifs is 3. The molecule has 8 heteroatoms. The number of nitrogens with one attached hydrogen (secondary N) is 2. The second kappa shape index (κ2) is 10.7. The van der Waals surface area contributed by atoms with Gasteiger partial charge in [0.1, 0.15) is 6.61 Å². The molecule has 180 valence electrons. The molecular formula is C26H30N2O6. The number of carbonyl (C=O) groups excluding carboxylic acids is 2. The fourth-order valence-electron chi connectivity index (χ4n) is 5.04. The van der Waals surface area contributed by atoms with E-state index in [1.54, 1.807) is 0 Å². The van der Waals surface area contributed by atoms with E-state index in [1.807, 2.05) is 24.3 Å². The first-order chi connectivity index (χ1) is 16.4. The Bertz CT molecular complexity index is 1010. The predicted molar refractivity (Wildman–Crippen MR) is 125 cm³/mol. The monoisotopic (exact) mass is 466 g/mol. The molecule has 2 aliphatic rings. The molecule has 0 unspecified atom stereocenters. The van der Waals surface area contributed by atoms with Gasteiger partial charge in [0, 0.05) is 31.3 Å². The summed E-state index contributed by atoms with van der Waals surface area (Å²) < 4.78 is 5.63. The van der Waals surface area contributed by atoms with Crippen molar-refractivity contribution in [3.63, 3.8) is 0 Å². The number of alkyl carbamates (subject to hydrolysis) is 1. The lowest BCUT2D eigenvalue weighted by atomic mass is 9.98. The van der Waals surface area contributed by atoms with Gasteiger partial charge in [0.15, 0.2) is 6.10 Å². The Morgan fingerprint density at radius 1 is 1.00 bits per heavy atom. The molecule has 0 bridgehead atoms. The van der Waals surface area contributed by atoms with Crippen LogP contribution >= 0.6 is 0 Å². The van der Waals surface area contributed by atoms with Gasteiger partial charge in [0.2, 0.25) is 5.91 Å². The van der Waals surface area contributed by atoms with Crippen molar-refractivity contribution in [1.82, 2.24) is 10.6 Å². The summed E-state index contributed by atoms with van der Waals surface area (Å²) in [5.74, 6) is -1.55. The number of carbonyl (C=O) groups is 3. The molecule has 0 aliphatic heterocycles. The van der Waals surface area contributed by atoms with Gasteiger partial charge in [0.25, 0.3) is 0 Å². The van der Waals surface area contributed by atoms with Crippen LogP contribution in [0.25, 0.3) is 11.1 Å². The van der Waals surface area contributed by atoms with Crippen LogP contribution < -0.4 is 10.6 Å². The van der Waals surface area contributed by atoms with Crippen molar-refractivity contribution in [2.45, 2.75) is 50.2 Å². The minimum Gasteiger partial charge on any atom is -0.479 e. The number of aliphatic carboxylic acids is 1. The molecule has 0 radical (unpaired) electrons.